The van der Waals surface area contributed by atoms with Gasteiger partial charge in [-0.25, -0.2) is 0 Å². The molecule has 1 aliphatic carbocycles. The van der Waals surface area contributed by atoms with Crippen molar-refractivity contribution in [2.45, 2.75) is 6.42 Å². The smallest absolute Gasteiger partial charge is 0.307 e. The molecule has 0 spiro atoms. The lowest BCUT2D eigenvalue weighted by Crippen LogP contribution is -2.39. The minimum atomic E-state index is -0.880. The van der Waals surface area contributed by atoms with E-state index in [0.717, 1.165) is 5.69 Å². The normalized spacial score (nSPS) is 25.0. The van der Waals surface area contributed by atoms with Gasteiger partial charge >= 0.3 is 5.97 Å². The van der Waals surface area contributed by atoms with Gasteiger partial charge in [0.05, 0.1) is 24.1 Å². The molecule has 5 nitrogen and oxygen atoms in total. The van der Waals surface area contributed by atoms with Crippen LogP contribution in [0.25, 0.3) is 0 Å². The Hall–Kier alpha value is -2.04. The largest absolute Gasteiger partial charge is 0.490 e. The lowest BCUT2D eigenvalue weighted by molar-refractivity contribution is -0.140. The van der Waals surface area contributed by atoms with Crippen LogP contribution in [0.4, 0.5) is 5.69 Å². The van der Waals surface area contributed by atoms with E-state index in [1.54, 1.807) is 4.90 Å². The van der Waals surface area contributed by atoms with Gasteiger partial charge in [0.15, 0.2) is 0 Å². The van der Waals surface area contributed by atoms with Gasteiger partial charge in [-0.15, -0.1) is 0 Å². The zero-order valence-corrected chi connectivity index (χ0v) is 9.70. The number of anilines is 1. The van der Waals surface area contributed by atoms with Crippen molar-refractivity contribution in [1.82, 2.24) is 0 Å². The van der Waals surface area contributed by atoms with Gasteiger partial charge in [-0.1, -0.05) is 12.1 Å². The fourth-order valence-electron chi connectivity index (χ4n) is 2.34. The second kappa shape index (κ2) is 4.01. The van der Waals surface area contributed by atoms with Crippen molar-refractivity contribution in [2.24, 2.45) is 11.8 Å². The lowest BCUT2D eigenvalue weighted by Gasteiger charge is -2.29. The number of ether oxygens (including phenoxy) is 1. The van der Waals surface area contributed by atoms with Crippen molar-refractivity contribution in [2.75, 3.05) is 18.1 Å². The van der Waals surface area contributed by atoms with Crippen molar-refractivity contribution >= 4 is 17.6 Å². The summed E-state index contributed by atoms with van der Waals surface area (Å²) in [7, 11) is 0. The third kappa shape index (κ3) is 1.72. The summed E-state index contributed by atoms with van der Waals surface area (Å²) >= 11 is 0. The predicted molar refractivity (Wildman–Crippen MR) is 63.5 cm³/mol. The number of fused-ring (bicyclic) bond motifs is 1. The summed E-state index contributed by atoms with van der Waals surface area (Å²) in [6.45, 7) is 0.936. The minimum absolute atomic E-state index is 0.0989. The standard InChI is InChI=1S/C13H13NO4/c15-12(8-7-9(8)13(16)17)14-5-6-18-11-4-2-1-3-10(11)14/h1-4,8-9H,5-7H2,(H,16,17)/t8-,9+/m0/s1. The highest BCUT2D eigenvalue weighted by atomic mass is 16.5. The van der Waals surface area contributed by atoms with E-state index in [0.29, 0.717) is 25.3 Å². The van der Waals surface area contributed by atoms with E-state index < -0.39 is 11.9 Å². The molecule has 1 saturated carbocycles. The van der Waals surface area contributed by atoms with Crippen LogP contribution in [-0.4, -0.2) is 30.1 Å². The first kappa shape index (κ1) is 11.1. The fraction of sp³-hybridized carbons (Fsp3) is 0.385. The molecule has 18 heavy (non-hydrogen) atoms. The van der Waals surface area contributed by atoms with Crippen molar-refractivity contribution in [3.05, 3.63) is 24.3 Å². The number of amides is 1. The Bertz CT molecular complexity index is 513. The van der Waals surface area contributed by atoms with Crippen LogP contribution in [-0.2, 0) is 9.59 Å². The molecule has 5 heteroatoms. The third-order valence-electron chi connectivity index (χ3n) is 3.42. The Labute approximate surface area is 104 Å². The van der Waals surface area contributed by atoms with Gasteiger partial charge in [-0.3, -0.25) is 9.59 Å². The van der Waals surface area contributed by atoms with Crippen LogP contribution >= 0.6 is 0 Å². The van der Waals surface area contributed by atoms with Crippen LogP contribution in [0.3, 0.4) is 0 Å². The molecule has 1 N–H and O–H groups in total. The van der Waals surface area contributed by atoms with E-state index in [-0.39, 0.29) is 11.8 Å². The Morgan fingerprint density at radius 3 is 2.78 bits per heavy atom. The van der Waals surface area contributed by atoms with Crippen LogP contribution in [0.15, 0.2) is 24.3 Å². The zero-order valence-electron chi connectivity index (χ0n) is 9.70. The van der Waals surface area contributed by atoms with Crippen LogP contribution in [0.5, 0.6) is 5.75 Å². The molecule has 0 bridgehead atoms. The first-order valence-corrected chi connectivity index (χ1v) is 5.94. The summed E-state index contributed by atoms with van der Waals surface area (Å²) < 4.78 is 5.47. The fourth-order valence-corrected chi connectivity index (χ4v) is 2.34. The number of rotatable bonds is 2. The Balaban J connectivity index is 1.82. The van der Waals surface area contributed by atoms with E-state index in [1.165, 1.54) is 0 Å². The van der Waals surface area contributed by atoms with Crippen molar-refractivity contribution in [3.8, 4) is 5.75 Å². The molecule has 1 heterocycles. The average Bonchev–Trinajstić information content (AvgIpc) is 3.17. The summed E-state index contributed by atoms with van der Waals surface area (Å²) in [4.78, 5) is 24.7. The summed E-state index contributed by atoms with van der Waals surface area (Å²) in [5, 5.41) is 8.87. The van der Waals surface area contributed by atoms with Crippen LogP contribution in [0.1, 0.15) is 6.42 Å². The van der Waals surface area contributed by atoms with E-state index >= 15 is 0 Å². The summed E-state index contributed by atoms with van der Waals surface area (Å²) in [6.07, 6.45) is 0.452. The molecule has 2 aliphatic rings. The molecule has 0 saturated heterocycles. The molecule has 1 fully saturated rings. The maximum Gasteiger partial charge on any atom is 0.307 e. The summed E-state index contributed by atoms with van der Waals surface area (Å²) in [5.74, 6) is -1.17. The highest BCUT2D eigenvalue weighted by Crippen LogP contribution is 2.42. The summed E-state index contributed by atoms with van der Waals surface area (Å²) in [6, 6.07) is 7.33. The predicted octanol–water partition coefficient (Wildman–Crippen LogP) is 1.13. The average molecular weight is 247 g/mol. The molecule has 94 valence electrons. The molecule has 3 rings (SSSR count). The van der Waals surface area contributed by atoms with Crippen LogP contribution in [0, 0.1) is 11.8 Å². The molecule has 0 unspecified atom stereocenters. The van der Waals surface area contributed by atoms with Crippen molar-refractivity contribution in [3.63, 3.8) is 0 Å². The Morgan fingerprint density at radius 1 is 1.28 bits per heavy atom. The quantitative estimate of drug-likeness (QED) is 0.850. The molecule has 0 radical (unpaired) electrons. The van der Waals surface area contributed by atoms with Gasteiger partial charge in [0.25, 0.3) is 0 Å². The number of carbonyl (C=O) groups is 2. The zero-order chi connectivity index (χ0) is 12.7. The SMILES string of the molecule is O=C(O)[C@@H]1C[C@@H]1C(=O)N1CCOc2ccccc21. The molecule has 1 aromatic rings. The monoisotopic (exact) mass is 247 g/mol. The van der Waals surface area contributed by atoms with Crippen molar-refractivity contribution < 1.29 is 19.4 Å². The number of carboxylic acid groups (broad SMARTS) is 1. The topological polar surface area (TPSA) is 66.8 Å². The van der Waals surface area contributed by atoms with Crippen molar-refractivity contribution in [1.29, 1.82) is 0 Å². The van der Waals surface area contributed by atoms with Gasteiger partial charge in [-0.2, -0.15) is 0 Å². The second-order valence-corrected chi connectivity index (χ2v) is 4.59. The lowest BCUT2D eigenvalue weighted by atomic mass is 10.2. The molecular formula is C13H13NO4. The molecule has 1 aromatic carbocycles. The van der Waals surface area contributed by atoms with Gasteiger partial charge in [0.1, 0.15) is 12.4 Å². The number of aliphatic carboxylic acids is 1. The maximum atomic E-state index is 12.2. The third-order valence-corrected chi connectivity index (χ3v) is 3.42. The number of carbonyl (C=O) groups excluding carboxylic acids is 1. The molecule has 1 amide bonds. The highest BCUT2D eigenvalue weighted by molar-refractivity contribution is 6.01. The van der Waals surface area contributed by atoms with E-state index in [4.69, 9.17) is 9.84 Å². The van der Waals surface area contributed by atoms with E-state index in [2.05, 4.69) is 0 Å². The Kier molecular flexibility index (Phi) is 2.47. The second-order valence-electron chi connectivity index (χ2n) is 4.59. The van der Waals surface area contributed by atoms with Gasteiger partial charge in [-0.05, 0) is 18.6 Å². The highest BCUT2D eigenvalue weighted by Gasteiger charge is 2.50. The summed E-state index contributed by atoms with van der Waals surface area (Å²) in [5.41, 5.74) is 0.741. The molecule has 1 aliphatic heterocycles. The molecule has 0 aromatic heterocycles. The van der Waals surface area contributed by atoms with E-state index in [1.807, 2.05) is 24.3 Å². The molecule has 2 atom stereocenters. The van der Waals surface area contributed by atoms with Crippen LogP contribution < -0.4 is 9.64 Å². The molecular weight excluding hydrogens is 234 g/mol. The van der Waals surface area contributed by atoms with Gasteiger partial charge in [0, 0.05) is 0 Å². The number of para-hydroxylation sites is 2. The maximum absolute atomic E-state index is 12.2. The first-order valence-electron chi connectivity index (χ1n) is 5.94. The van der Waals surface area contributed by atoms with E-state index in [9.17, 15) is 9.59 Å². The number of benzene rings is 1. The minimum Gasteiger partial charge on any atom is -0.490 e. The first-order chi connectivity index (χ1) is 8.68. The van der Waals surface area contributed by atoms with Crippen LogP contribution in [0.2, 0.25) is 0 Å². The van der Waals surface area contributed by atoms with Gasteiger partial charge < -0.3 is 14.7 Å². The number of hydrogen-bond donors (Lipinski definition) is 1. The Morgan fingerprint density at radius 2 is 2.06 bits per heavy atom. The number of carboxylic acids is 1. The number of nitrogens with zero attached hydrogens (tertiary/aromatic N) is 1. The van der Waals surface area contributed by atoms with Gasteiger partial charge in [0.2, 0.25) is 5.91 Å². The number of hydrogen-bond acceptors (Lipinski definition) is 3.